The smallest absolute Gasteiger partial charge is 0.319 e. The maximum Gasteiger partial charge on any atom is 0.319 e. The molecule has 4 rings (SSSR count). The predicted molar refractivity (Wildman–Crippen MR) is 143 cm³/mol. The highest BCUT2D eigenvalue weighted by Gasteiger charge is 2.21. The van der Waals surface area contributed by atoms with E-state index in [0.717, 1.165) is 5.69 Å². The number of para-hydroxylation sites is 1. The van der Waals surface area contributed by atoms with Crippen LogP contribution < -0.4 is 26.4 Å². The molecule has 0 saturated heterocycles. The van der Waals surface area contributed by atoms with Gasteiger partial charge in [-0.1, -0.05) is 18.2 Å². The maximum atomic E-state index is 13.2. The van der Waals surface area contributed by atoms with E-state index in [1.165, 1.54) is 13.2 Å². The van der Waals surface area contributed by atoms with Crippen LogP contribution in [-0.2, 0) is 13.1 Å². The van der Waals surface area contributed by atoms with Crippen molar-refractivity contribution in [2.75, 3.05) is 24.3 Å². The molecule has 4 amide bonds. The summed E-state index contributed by atoms with van der Waals surface area (Å²) in [5, 5.41) is 12.8. The van der Waals surface area contributed by atoms with Crippen molar-refractivity contribution in [3.8, 4) is 5.75 Å². The second kappa shape index (κ2) is 11.5. The number of ether oxygens (including phenoxy) is 1. The first-order valence-electron chi connectivity index (χ1n) is 12.1. The summed E-state index contributed by atoms with van der Waals surface area (Å²) in [4.78, 5) is 41.8. The number of carbonyl (C=O) groups is 3. The number of imidazole rings is 1. The third-order valence-corrected chi connectivity index (χ3v) is 5.85. The summed E-state index contributed by atoms with van der Waals surface area (Å²) in [7, 11) is 1.48. The number of methoxy groups -OCH3 is 1. The molecule has 0 aliphatic carbocycles. The van der Waals surface area contributed by atoms with Gasteiger partial charge in [-0.2, -0.15) is 5.10 Å². The highest BCUT2D eigenvalue weighted by Crippen LogP contribution is 2.31. The summed E-state index contributed by atoms with van der Waals surface area (Å²) in [5.41, 5.74) is 8.55. The SMILES string of the molecule is CCn1nc(C)cc1C(=O)Nc1nc2cc(C(N)=O)cc(OC)c2n1CCCNC(=O)Nc1ccccc1. The number of hydrogen-bond acceptors (Lipinski definition) is 6. The van der Waals surface area contributed by atoms with Crippen LogP contribution in [0.4, 0.5) is 16.4 Å². The van der Waals surface area contributed by atoms with Gasteiger partial charge in [-0.25, -0.2) is 9.78 Å². The Morgan fingerprint density at radius 3 is 2.53 bits per heavy atom. The van der Waals surface area contributed by atoms with Crippen molar-refractivity contribution >= 4 is 40.5 Å². The monoisotopic (exact) mass is 518 g/mol. The number of aryl methyl sites for hydroxylation is 3. The van der Waals surface area contributed by atoms with E-state index in [-0.39, 0.29) is 23.5 Å². The molecule has 38 heavy (non-hydrogen) atoms. The van der Waals surface area contributed by atoms with Crippen LogP contribution >= 0.6 is 0 Å². The van der Waals surface area contributed by atoms with Gasteiger partial charge in [0.1, 0.15) is 17.0 Å². The van der Waals surface area contributed by atoms with Gasteiger partial charge < -0.3 is 25.7 Å². The molecule has 0 unspecified atom stereocenters. The number of fused-ring (bicyclic) bond motifs is 1. The fraction of sp³-hybridized carbons (Fsp3) is 0.269. The Labute approximate surface area is 219 Å². The summed E-state index contributed by atoms with van der Waals surface area (Å²) in [6.45, 7) is 4.98. The van der Waals surface area contributed by atoms with Crippen molar-refractivity contribution in [3.63, 3.8) is 0 Å². The molecule has 0 radical (unpaired) electrons. The average Bonchev–Trinajstić information content (AvgIpc) is 3.46. The number of nitrogens with zero attached hydrogens (tertiary/aromatic N) is 4. The standard InChI is InChI=1S/C26H30N8O4/c1-4-34-20(13-16(2)32-34)24(36)31-25-30-19-14-17(23(27)35)15-21(38-3)22(19)33(25)12-8-11-28-26(37)29-18-9-6-5-7-10-18/h5-7,9-10,13-15H,4,8,11-12H2,1-3H3,(H2,27,35)(H2,28,29,37)(H,30,31,36). The minimum atomic E-state index is -0.624. The summed E-state index contributed by atoms with van der Waals surface area (Å²) in [6.07, 6.45) is 0.517. The molecule has 4 aromatic rings. The normalized spacial score (nSPS) is 10.8. The number of urea groups is 1. The molecule has 12 heteroatoms. The van der Waals surface area contributed by atoms with E-state index in [9.17, 15) is 14.4 Å². The molecule has 0 atom stereocenters. The second-order valence-electron chi connectivity index (χ2n) is 8.54. The molecule has 0 fully saturated rings. The number of rotatable bonds is 10. The first kappa shape index (κ1) is 26.2. The van der Waals surface area contributed by atoms with Crippen LogP contribution in [0.25, 0.3) is 11.0 Å². The predicted octanol–water partition coefficient (Wildman–Crippen LogP) is 3.13. The number of aromatic nitrogens is 4. The van der Waals surface area contributed by atoms with Crippen molar-refractivity contribution in [1.82, 2.24) is 24.6 Å². The fourth-order valence-electron chi connectivity index (χ4n) is 4.11. The van der Waals surface area contributed by atoms with Gasteiger partial charge in [-0.15, -0.1) is 0 Å². The first-order valence-corrected chi connectivity index (χ1v) is 12.1. The van der Waals surface area contributed by atoms with E-state index in [4.69, 9.17) is 10.5 Å². The van der Waals surface area contributed by atoms with Crippen molar-refractivity contribution in [2.45, 2.75) is 33.4 Å². The summed E-state index contributed by atoms with van der Waals surface area (Å²) >= 11 is 0. The summed E-state index contributed by atoms with van der Waals surface area (Å²) in [6, 6.07) is 13.6. The Morgan fingerprint density at radius 2 is 1.84 bits per heavy atom. The van der Waals surface area contributed by atoms with E-state index in [2.05, 4.69) is 26.0 Å². The molecule has 198 valence electrons. The van der Waals surface area contributed by atoms with E-state index >= 15 is 0 Å². The third-order valence-electron chi connectivity index (χ3n) is 5.85. The quantitative estimate of drug-likeness (QED) is 0.236. The summed E-state index contributed by atoms with van der Waals surface area (Å²) < 4.78 is 8.93. The van der Waals surface area contributed by atoms with Crippen LogP contribution in [0.3, 0.4) is 0 Å². The largest absolute Gasteiger partial charge is 0.494 e. The van der Waals surface area contributed by atoms with Crippen LogP contribution in [0.1, 0.15) is 39.9 Å². The zero-order chi connectivity index (χ0) is 27.2. The molecule has 0 bridgehead atoms. The number of nitrogens with two attached hydrogens (primary N) is 1. The van der Waals surface area contributed by atoms with Gasteiger partial charge in [-0.3, -0.25) is 19.6 Å². The molecule has 5 N–H and O–H groups in total. The molecular formula is C26H30N8O4. The first-order chi connectivity index (χ1) is 18.3. The van der Waals surface area contributed by atoms with E-state index in [1.54, 1.807) is 33.5 Å². The Hall–Kier alpha value is -4.87. The lowest BCUT2D eigenvalue weighted by atomic mass is 10.1. The Kier molecular flexibility index (Phi) is 7.90. The topological polar surface area (TPSA) is 158 Å². The number of hydrogen-bond donors (Lipinski definition) is 4. The maximum absolute atomic E-state index is 13.2. The fourth-order valence-corrected chi connectivity index (χ4v) is 4.11. The molecule has 2 heterocycles. The lowest BCUT2D eigenvalue weighted by Crippen LogP contribution is -2.30. The summed E-state index contributed by atoms with van der Waals surface area (Å²) in [5.74, 6) is -0.353. The number of carbonyl (C=O) groups excluding carboxylic acids is 3. The van der Waals surface area contributed by atoms with E-state index in [0.29, 0.717) is 54.2 Å². The number of nitrogens with one attached hydrogen (secondary N) is 3. The van der Waals surface area contributed by atoms with Crippen molar-refractivity contribution in [1.29, 1.82) is 0 Å². The number of anilines is 2. The van der Waals surface area contributed by atoms with Gasteiger partial charge >= 0.3 is 6.03 Å². The highest BCUT2D eigenvalue weighted by molar-refractivity contribution is 6.04. The average molecular weight is 519 g/mol. The molecule has 2 aromatic carbocycles. The molecule has 0 aliphatic rings. The van der Waals surface area contributed by atoms with Crippen LogP contribution in [-0.4, -0.2) is 50.8 Å². The Bertz CT molecular complexity index is 1480. The van der Waals surface area contributed by atoms with Crippen LogP contribution in [0, 0.1) is 6.92 Å². The second-order valence-corrected chi connectivity index (χ2v) is 8.54. The Morgan fingerprint density at radius 1 is 1.08 bits per heavy atom. The minimum Gasteiger partial charge on any atom is -0.494 e. The van der Waals surface area contributed by atoms with Gasteiger partial charge in [0.05, 0.1) is 18.3 Å². The van der Waals surface area contributed by atoms with Gasteiger partial charge in [0, 0.05) is 30.9 Å². The zero-order valence-corrected chi connectivity index (χ0v) is 21.4. The molecular weight excluding hydrogens is 488 g/mol. The lowest BCUT2D eigenvalue weighted by molar-refractivity contribution is 0.0995. The van der Waals surface area contributed by atoms with Gasteiger partial charge in [0.25, 0.3) is 5.91 Å². The van der Waals surface area contributed by atoms with Crippen molar-refractivity contribution in [3.05, 3.63) is 65.5 Å². The number of benzene rings is 2. The highest BCUT2D eigenvalue weighted by atomic mass is 16.5. The molecule has 2 aromatic heterocycles. The van der Waals surface area contributed by atoms with Crippen molar-refractivity contribution in [2.24, 2.45) is 5.73 Å². The van der Waals surface area contributed by atoms with Crippen LogP contribution in [0.2, 0.25) is 0 Å². The minimum absolute atomic E-state index is 0.232. The van der Waals surface area contributed by atoms with Crippen LogP contribution in [0.15, 0.2) is 48.5 Å². The molecule has 0 aliphatic heterocycles. The molecule has 0 spiro atoms. The van der Waals surface area contributed by atoms with E-state index in [1.807, 2.05) is 32.0 Å². The van der Waals surface area contributed by atoms with E-state index < -0.39 is 5.91 Å². The third kappa shape index (κ3) is 5.75. The van der Waals surface area contributed by atoms with Gasteiger partial charge in [0.2, 0.25) is 11.9 Å². The van der Waals surface area contributed by atoms with Crippen molar-refractivity contribution < 1.29 is 19.1 Å². The lowest BCUT2D eigenvalue weighted by Gasteiger charge is -2.13. The van der Waals surface area contributed by atoms with Gasteiger partial charge in [-0.05, 0) is 50.6 Å². The number of primary amides is 1. The molecule has 12 nitrogen and oxygen atoms in total. The zero-order valence-electron chi connectivity index (χ0n) is 21.4. The molecule has 0 saturated carbocycles. The van der Waals surface area contributed by atoms with Crippen LogP contribution in [0.5, 0.6) is 5.75 Å². The Balaban J connectivity index is 1.58. The number of amides is 4. The van der Waals surface area contributed by atoms with Gasteiger partial charge in [0.15, 0.2) is 0 Å².